The van der Waals surface area contributed by atoms with E-state index in [2.05, 4.69) is 29.2 Å². The predicted octanol–water partition coefficient (Wildman–Crippen LogP) is 3.32. The number of aromatic nitrogens is 1. The zero-order chi connectivity index (χ0) is 12.4. The maximum absolute atomic E-state index is 6.00. The van der Waals surface area contributed by atoms with Gasteiger partial charge in [0.1, 0.15) is 0 Å². The van der Waals surface area contributed by atoms with Crippen LogP contribution >= 0.6 is 11.3 Å². The molecule has 1 aliphatic carbocycles. The first-order chi connectivity index (χ1) is 8.83. The molecule has 4 heteroatoms. The van der Waals surface area contributed by atoms with Crippen LogP contribution in [0.25, 0.3) is 0 Å². The van der Waals surface area contributed by atoms with E-state index >= 15 is 0 Å². The molecule has 2 N–H and O–H groups in total. The number of anilines is 1. The molecule has 3 nitrogen and oxygen atoms in total. The van der Waals surface area contributed by atoms with Crippen molar-refractivity contribution in [3.63, 3.8) is 0 Å². The molecule has 2 aromatic rings. The molecule has 3 rings (SSSR count). The van der Waals surface area contributed by atoms with Crippen LogP contribution < -0.4 is 5.73 Å². The average Bonchev–Trinajstić information content (AvgIpc) is 2.82. The second-order valence-electron chi connectivity index (χ2n) is 4.57. The first-order valence-electron chi connectivity index (χ1n) is 6.22. The molecule has 0 aliphatic heterocycles. The molecule has 1 atom stereocenters. The molecular formula is C14H16N2OS. The summed E-state index contributed by atoms with van der Waals surface area (Å²) in [5.41, 5.74) is 9.31. The minimum absolute atomic E-state index is 0.206. The molecule has 0 saturated carbocycles. The van der Waals surface area contributed by atoms with E-state index in [0.29, 0.717) is 11.7 Å². The lowest BCUT2D eigenvalue weighted by molar-refractivity contribution is 0.0268. The van der Waals surface area contributed by atoms with Crippen LogP contribution in [-0.4, -0.2) is 4.98 Å². The molecule has 0 saturated heterocycles. The van der Waals surface area contributed by atoms with E-state index in [0.717, 1.165) is 12.1 Å². The van der Waals surface area contributed by atoms with Crippen molar-refractivity contribution in [1.82, 2.24) is 4.98 Å². The van der Waals surface area contributed by atoms with Crippen molar-refractivity contribution in [1.29, 1.82) is 0 Å². The fourth-order valence-electron chi connectivity index (χ4n) is 2.46. The van der Waals surface area contributed by atoms with E-state index in [4.69, 9.17) is 10.5 Å². The number of nitrogens with zero attached hydrogens (tertiary/aromatic N) is 1. The molecule has 0 bridgehead atoms. The zero-order valence-electron chi connectivity index (χ0n) is 10.1. The van der Waals surface area contributed by atoms with Gasteiger partial charge in [0.05, 0.1) is 18.4 Å². The van der Waals surface area contributed by atoms with Crippen molar-refractivity contribution in [2.24, 2.45) is 0 Å². The smallest absolute Gasteiger partial charge is 0.180 e. The van der Waals surface area contributed by atoms with Crippen molar-refractivity contribution >= 4 is 16.5 Å². The van der Waals surface area contributed by atoms with Crippen LogP contribution in [0.5, 0.6) is 0 Å². The van der Waals surface area contributed by atoms with Crippen molar-refractivity contribution < 1.29 is 4.74 Å². The zero-order valence-corrected chi connectivity index (χ0v) is 11.0. The lowest BCUT2D eigenvalue weighted by atomic mass is 9.89. The number of benzene rings is 1. The summed E-state index contributed by atoms with van der Waals surface area (Å²) in [5, 5.41) is 2.57. The van der Waals surface area contributed by atoms with E-state index in [1.807, 2.05) is 5.38 Å². The van der Waals surface area contributed by atoms with Gasteiger partial charge in [0.15, 0.2) is 5.13 Å². The second kappa shape index (κ2) is 5.08. The minimum Gasteiger partial charge on any atom is -0.375 e. The lowest BCUT2D eigenvalue weighted by Gasteiger charge is -2.25. The third-order valence-corrected chi connectivity index (χ3v) is 4.04. The van der Waals surface area contributed by atoms with Gasteiger partial charge in [-0.2, -0.15) is 0 Å². The SMILES string of the molecule is Nc1nc(COC2CCCc3ccccc32)cs1. The van der Waals surface area contributed by atoms with Crippen molar-refractivity contribution in [3.8, 4) is 0 Å². The Labute approximate surface area is 111 Å². The number of fused-ring (bicyclic) bond motifs is 1. The molecule has 0 spiro atoms. The third kappa shape index (κ3) is 2.40. The fraction of sp³-hybridized carbons (Fsp3) is 0.357. The van der Waals surface area contributed by atoms with Gasteiger partial charge in [-0.05, 0) is 30.4 Å². The van der Waals surface area contributed by atoms with Crippen LogP contribution in [0.1, 0.15) is 35.8 Å². The van der Waals surface area contributed by atoms with Gasteiger partial charge in [-0.25, -0.2) is 4.98 Å². The number of thiazole rings is 1. The Kier molecular flexibility index (Phi) is 3.30. The third-order valence-electron chi connectivity index (χ3n) is 3.32. The van der Waals surface area contributed by atoms with E-state index in [1.54, 1.807) is 0 Å². The molecule has 0 amide bonds. The van der Waals surface area contributed by atoms with Crippen LogP contribution in [0.3, 0.4) is 0 Å². The van der Waals surface area contributed by atoms with Crippen LogP contribution in [0.15, 0.2) is 29.6 Å². The minimum atomic E-state index is 0.206. The second-order valence-corrected chi connectivity index (χ2v) is 5.46. The van der Waals surface area contributed by atoms with Gasteiger partial charge in [0, 0.05) is 5.38 Å². The Morgan fingerprint density at radius 2 is 2.28 bits per heavy atom. The fourth-order valence-corrected chi connectivity index (χ4v) is 3.00. The highest BCUT2D eigenvalue weighted by Crippen LogP contribution is 2.33. The van der Waals surface area contributed by atoms with Crippen LogP contribution in [0, 0.1) is 0 Å². The largest absolute Gasteiger partial charge is 0.375 e. The van der Waals surface area contributed by atoms with Crippen LogP contribution in [0.2, 0.25) is 0 Å². The molecule has 94 valence electrons. The summed E-state index contributed by atoms with van der Waals surface area (Å²) >= 11 is 1.46. The summed E-state index contributed by atoms with van der Waals surface area (Å²) in [6.07, 6.45) is 3.66. The van der Waals surface area contributed by atoms with E-state index in [-0.39, 0.29) is 6.10 Å². The molecule has 1 aromatic heterocycles. The Hall–Kier alpha value is -1.39. The van der Waals surface area contributed by atoms with Crippen molar-refractivity contribution in [2.45, 2.75) is 32.0 Å². The normalized spacial score (nSPS) is 18.6. The van der Waals surface area contributed by atoms with Gasteiger partial charge in [0.25, 0.3) is 0 Å². The Bertz CT molecular complexity index is 538. The van der Waals surface area contributed by atoms with Gasteiger partial charge < -0.3 is 10.5 Å². The van der Waals surface area contributed by atoms with E-state index in [1.165, 1.54) is 35.3 Å². The first kappa shape index (κ1) is 11.7. The van der Waals surface area contributed by atoms with Gasteiger partial charge >= 0.3 is 0 Å². The molecule has 1 heterocycles. The van der Waals surface area contributed by atoms with Gasteiger partial charge in [-0.15, -0.1) is 11.3 Å². The Balaban J connectivity index is 1.71. The summed E-state index contributed by atoms with van der Waals surface area (Å²) in [7, 11) is 0. The van der Waals surface area contributed by atoms with Crippen LogP contribution in [-0.2, 0) is 17.8 Å². The number of nitrogens with two attached hydrogens (primary N) is 1. The molecule has 0 radical (unpaired) electrons. The number of ether oxygens (including phenoxy) is 1. The van der Waals surface area contributed by atoms with E-state index in [9.17, 15) is 0 Å². The Morgan fingerprint density at radius 3 is 3.11 bits per heavy atom. The maximum atomic E-state index is 6.00. The Morgan fingerprint density at radius 1 is 1.39 bits per heavy atom. The number of aryl methyl sites for hydroxylation is 1. The summed E-state index contributed by atoms with van der Waals surface area (Å²) in [5.74, 6) is 0. The van der Waals surface area contributed by atoms with Gasteiger partial charge in [-0.3, -0.25) is 0 Å². The maximum Gasteiger partial charge on any atom is 0.180 e. The average molecular weight is 260 g/mol. The van der Waals surface area contributed by atoms with Crippen molar-refractivity contribution in [3.05, 3.63) is 46.5 Å². The molecular weight excluding hydrogens is 244 g/mol. The number of hydrogen-bond acceptors (Lipinski definition) is 4. The van der Waals surface area contributed by atoms with Crippen LogP contribution in [0.4, 0.5) is 5.13 Å². The number of rotatable bonds is 3. The summed E-state index contributed by atoms with van der Waals surface area (Å²) in [4.78, 5) is 4.22. The lowest BCUT2D eigenvalue weighted by Crippen LogP contribution is -2.12. The summed E-state index contributed by atoms with van der Waals surface area (Å²) in [6.45, 7) is 0.548. The summed E-state index contributed by atoms with van der Waals surface area (Å²) < 4.78 is 6.00. The highest BCUT2D eigenvalue weighted by molar-refractivity contribution is 7.13. The topological polar surface area (TPSA) is 48.1 Å². The van der Waals surface area contributed by atoms with Crippen molar-refractivity contribution in [2.75, 3.05) is 5.73 Å². The number of nitrogen functional groups attached to an aromatic ring is 1. The molecule has 1 unspecified atom stereocenters. The highest BCUT2D eigenvalue weighted by Gasteiger charge is 2.20. The monoisotopic (exact) mass is 260 g/mol. The number of hydrogen-bond donors (Lipinski definition) is 1. The molecule has 0 fully saturated rings. The predicted molar refractivity (Wildman–Crippen MR) is 73.4 cm³/mol. The quantitative estimate of drug-likeness (QED) is 0.921. The molecule has 18 heavy (non-hydrogen) atoms. The first-order valence-corrected chi connectivity index (χ1v) is 7.10. The van der Waals surface area contributed by atoms with Gasteiger partial charge in [0.2, 0.25) is 0 Å². The van der Waals surface area contributed by atoms with E-state index < -0.39 is 0 Å². The van der Waals surface area contributed by atoms with Gasteiger partial charge in [-0.1, -0.05) is 24.3 Å². The highest BCUT2D eigenvalue weighted by atomic mass is 32.1. The molecule has 1 aromatic carbocycles. The standard InChI is InChI=1S/C14H16N2OS/c15-14-16-11(9-18-14)8-17-13-7-3-5-10-4-1-2-6-12(10)13/h1-2,4,6,9,13H,3,5,7-8H2,(H2,15,16). The summed E-state index contributed by atoms with van der Waals surface area (Å²) in [6, 6.07) is 8.56. The molecule has 1 aliphatic rings.